The molecule has 1 aliphatic rings. The van der Waals surface area contributed by atoms with Crippen molar-refractivity contribution in [2.24, 2.45) is 0 Å². The Morgan fingerprint density at radius 3 is 2.38 bits per heavy atom. The van der Waals surface area contributed by atoms with Crippen LogP contribution in [-0.4, -0.2) is 80.5 Å². The van der Waals surface area contributed by atoms with Gasteiger partial charge in [-0.2, -0.15) is 0 Å². The lowest BCUT2D eigenvalue weighted by Gasteiger charge is -2.42. The number of aliphatic hydroxyl groups excluding tert-OH is 4. The summed E-state index contributed by atoms with van der Waals surface area (Å²) in [5.74, 6) is -0.994. The SMILES string of the molecule is O=C(O)CCN1CC(O)C(O)C(O)C1CO. The summed E-state index contributed by atoms with van der Waals surface area (Å²) < 4.78 is 0. The molecule has 0 aromatic carbocycles. The van der Waals surface area contributed by atoms with Gasteiger partial charge < -0.3 is 25.5 Å². The number of hydrogen-bond acceptors (Lipinski definition) is 6. The third kappa shape index (κ3) is 2.89. The van der Waals surface area contributed by atoms with Crippen LogP contribution < -0.4 is 0 Å². The molecule has 0 spiro atoms. The van der Waals surface area contributed by atoms with E-state index >= 15 is 0 Å². The molecule has 1 heterocycles. The van der Waals surface area contributed by atoms with Crippen molar-refractivity contribution >= 4 is 5.97 Å². The Hall–Kier alpha value is -0.730. The van der Waals surface area contributed by atoms with E-state index in [1.54, 1.807) is 0 Å². The second-order valence-electron chi connectivity index (χ2n) is 3.94. The molecule has 7 heteroatoms. The van der Waals surface area contributed by atoms with Crippen LogP contribution in [0.25, 0.3) is 0 Å². The molecular weight excluding hydrogens is 218 g/mol. The number of likely N-dealkylation sites (tertiary alicyclic amines) is 1. The van der Waals surface area contributed by atoms with Crippen molar-refractivity contribution in [2.45, 2.75) is 30.8 Å². The summed E-state index contributed by atoms with van der Waals surface area (Å²) >= 11 is 0. The fourth-order valence-electron chi connectivity index (χ4n) is 1.87. The van der Waals surface area contributed by atoms with Gasteiger partial charge in [-0.05, 0) is 0 Å². The lowest BCUT2D eigenvalue weighted by Crippen LogP contribution is -2.62. The minimum absolute atomic E-state index is 0.0384. The van der Waals surface area contributed by atoms with Gasteiger partial charge in [-0.15, -0.1) is 0 Å². The minimum atomic E-state index is -1.31. The van der Waals surface area contributed by atoms with Crippen LogP contribution in [0, 0.1) is 0 Å². The van der Waals surface area contributed by atoms with E-state index in [2.05, 4.69) is 0 Å². The van der Waals surface area contributed by atoms with Crippen molar-refractivity contribution in [3.63, 3.8) is 0 Å². The topological polar surface area (TPSA) is 121 Å². The van der Waals surface area contributed by atoms with E-state index in [4.69, 9.17) is 10.2 Å². The molecule has 0 aromatic heterocycles. The molecule has 0 amide bonds. The minimum Gasteiger partial charge on any atom is -0.481 e. The molecule has 1 fully saturated rings. The Morgan fingerprint density at radius 2 is 1.88 bits per heavy atom. The van der Waals surface area contributed by atoms with Crippen LogP contribution in [0.5, 0.6) is 0 Å². The summed E-state index contributed by atoms with van der Waals surface area (Å²) in [7, 11) is 0. The number of carboxylic acid groups (broad SMARTS) is 1. The summed E-state index contributed by atoms with van der Waals surface area (Å²) in [6.45, 7) is -0.247. The van der Waals surface area contributed by atoms with Gasteiger partial charge >= 0.3 is 5.97 Å². The van der Waals surface area contributed by atoms with Crippen LogP contribution in [0.4, 0.5) is 0 Å². The fourth-order valence-corrected chi connectivity index (χ4v) is 1.87. The van der Waals surface area contributed by atoms with E-state index in [1.165, 1.54) is 4.90 Å². The summed E-state index contributed by atoms with van der Waals surface area (Å²) in [6.07, 6.45) is -3.86. The molecule has 0 bridgehead atoms. The van der Waals surface area contributed by atoms with Crippen LogP contribution >= 0.6 is 0 Å². The number of carboxylic acids is 1. The van der Waals surface area contributed by atoms with Crippen LogP contribution in [0.15, 0.2) is 0 Å². The Morgan fingerprint density at radius 1 is 1.25 bits per heavy atom. The Bertz CT molecular complexity index is 248. The zero-order valence-electron chi connectivity index (χ0n) is 8.73. The normalized spacial score (nSPS) is 36.2. The van der Waals surface area contributed by atoms with E-state index < -0.39 is 36.9 Å². The number of rotatable bonds is 4. The monoisotopic (exact) mass is 235 g/mol. The first-order chi connectivity index (χ1) is 7.47. The van der Waals surface area contributed by atoms with Crippen LogP contribution in [0.1, 0.15) is 6.42 Å². The highest BCUT2D eigenvalue weighted by atomic mass is 16.4. The molecule has 5 N–H and O–H groups in total. The second-order valence-corrected chi connectivity index (χ2v) is 3.94. The third-order valence-corrected chi connectivity index (χ3v) is 2.83. The maximum absolute atomic E-state index is 10.4. The van der Waals surface area contributed by atoms with E-state index in [9.17, 15) is 20.1 Å². The number of nitrogens with zero attached hydrogens (tertiary/aromatic N) is 1. The van der Waals surface area contributed by atoms with Gasteiger partial charge in [0.1, 0.15) is 12.2 Å². The molecule has 4 atom stereocenters. The van der Waals surface area contributed by atoms with E-state index in [1.807, 2.05) is 0 Å². The lowest BCUT2D eigenvalue weighted by molar-refractivity contribution is -0.150. The van der Waals surface area contributed by atoms with Crippen LogP contribution in [-0.2, 0) is 4.79 Å². The van der Waals surface area contributed by atoms with Crippen molar-refractivity contribution in [2.75, 3.05) is 19.7 Å². The van der Waals surface area contributed by atoms with E-state index in [-0.39, 0.29) is 19.5 Å². The largest absolute Gasteiger partial charge is 0.481 e. The molecule has 1 aliphatic heterocycles. The molecule has 0 radical (unpaired) electrons. The molecule has 4 unspecified atom stereocenters. The molecule has 0 aromatic rings. The summed E-state index contributed by atoms with van der Waals surface area (Å²) in [4.78, 5) is 11.9. The average molecular weight is 235 g/mol. The van der Waals surface area contributed by atoms with Gasteiger partial charge in [0.25, 0.3) is 0 Å². The van der Waals surface area contributed by atoms with Gasteiger partial charge in [0.2, 0.25) is 0 Å². The van der Waals surface area contributed by atoms with Crippen molar-refractivity contribution in [1.29, 1.82) is 0 Å². The Balaban J connectivity index is 2.63. The van der Waals surface area contributed by atoms with Gasteiger partial charge in [-0.25, -0.2) is 0 Å². The fraction of sp³-hybridized carbons (Fsp3) is 0.889. The predicted octanol–water partition coefficient (Wildman–Crippen LogP) is -2.78. The Kier molecular flexibility index (Phi) is 4.63. The highest BCUT2D eigenvalue weighted by molar-refractivity contribution is 5.66. The zero-order chi connectivity index (χ0) is 12.3. The first kappa shape index (κ1) is 13.3. The van der Waals surface area contributed by atoms with Gasteiger partial charge in [-0.1, -0.05) is 0 Å². The second kappa shape index (κ2) is 5.55. The number of carbonyl (C=O) groups is 1. The summed E-state index contributed by atoms with van der Waals surface area (Å²) in [5.41, 5.74) is 0. The molecule has 0 aliphatic carbocycles. The number of aliphatic carboxylic acids is 1. The van der Waals surface area contributed by atoms with Gasteiger partial charge in [0, 0.05) is 13.1 Å². The summed E-state index contributed by atoms with van der Waals surface area (Å²) in [5, 5.41) is 46.0. The molecular formula is C9H17NO6. The maximum atomic E-state index is 10.4. The number of piperidine rings is 1. The molecule has 7 nitrogen and oxygen atoms in total. The van der Waals surface area contributed by atoms with E-state index in [0.29, 0.717) is 0 Å². The highest BCUT2D eigenvalue weighted by Crippen LogP contribution is 2.18. The van der Waals surface area contributed by atoms with Crippen molar-refractivity contribution in [3.8, 4) is 0 Å². The van der Waals surface area contributed by atoms with Crippen molar-refractivity contribution in [1.82, 2.24) is 4.90 Å². The highest BCUT2D eigenvalue weighted by Gasteiger charge is 2.40. The van der Waals surface area contributed by atoms with Gasteiger partial charge in [0.15, 0.2) is 0 Å². The number of aliphatic hydroxyl groups is 4. The summed E-state index contributed by atoms with van der Waals surface area (Å²) in [6, 6.07) is -0.738. The average Bonchev–Trinajstić information content (AvgIpc) is 2.23. The molecule has 1 saturated heterocycles. The molecule has 16 heavy (non-hydrogen) atoms. The first-order valence-corrected chi connectivity index (χ1v) is 5.08. The maximum Gasteiger partial charge on any atom is 0.304 e. The zero-order valence-corrected chi connectivity index (χ0v) is 8.73. The van der Waals surface area contributed by atoms with Crippen LogP contribution in [0.2, 0.25) is 0 Å². The smallest absolute Gasteiger partial charge is 0.304 e. The Labute approximate surface area is 92.5 Å². The predicted molar refractivity (Wildman–Crippen MR) is 52.7 cm³/mol. The quantitative estimate of drug-likeness (QED) is 0.357. The standard InChI is InChI=1S/C9H17NO6/c11-4-5-8(15)9(16)6(12)3-10(5)2-1-7(13)14/h5-6,8-9,11-12,15-16H,1-4H2,(H,13,14). The molecule has 0 saturated carbocycles. The number of hydrogen-bond donors (Lipinski definition) is 5. The van der Waals surface area contributed by atoms with E-state index in [0.717, 1.165) is 0 Å². The first-order valence-electron chi connectivity index (χ1n) is 5.08. The van der Waals surface area contributed by atoms with Crippen molar-refractivity contribution in [3.05, 3.63) is 0 Å². The van der Waals surface area contributed by atoms with Crippen molar-refractivity contribution < 1.29 is 30.3 Å². The van der Waals surface area contributed by atoms with Crippen LogP contribution in [0.3, 0.4) is 0 Å². The third-order valence-electron chi connectivity index (χ3n) is 2.83. The molecule has 1 rings (SSSR count). The number of β-amino-alcohol motifs (C(OH)–C–C–N with tert-alkyl or cyclic N) is 1. The van der Waals surface area contributed by atoms with Gasteiger partial charge in [0.05, 0.1) is 25.2 Å². The molecule has 94 valence electrons. The lowest BCUT2D eigenvalue weighted by atomic mass is 9.94. The van der Waals surface area contributed by atoms with Gasteiger partial charge in [-0.3, -0.25) is 9.69 Å².